The van der Waals surface area contributed by atoms with Gasteiger partial charge in [-0.25, -0.2) is 4.98 Å². The first-order chi connectivity index (χ1) is 17.1. The zero-order valence-electron chi connectivity index (χ0n) is 21.4. The van der Waals surface area contributed by atoms with Gasteiger partial charge in [0.15, 0.2) is 0 Å². The van der Waals surface area contributed by atoms with Gasteiger partial charge in [0, 0.05) is 28.8 Å². The number of aromatic nitrogens is 2. The molecule has 0 amide bonds. The van der Waals surface area contributed by atoms with Crippen LogP contribution in [0, 0.1) is 6.92 Å². The van der Waals surface area contributed by atoms with Gasteiger partial charge in [-0.3, -0.25) is 17.9 Å². The summed E-state index contributed by atoms with van der Waals surface area (Å²) in [4.78, 5) is 18.3. The fourth-order valence-corrected chi connectivity index (χ4v) is 6.32. The molecule has 0 bridgehead atoms. The lowest BCUT2D eigenvalue weighted by Gasteiger charge is -2.38. The highest BCUT2D eigenvalue weighted by Crippen LogP contribution is 2.40. The molecule has 1 atom stereocenters. The summed E-state index contributed by atoms with van der Waals surface area (Å²) in [7, 11) is 0. The molecule has 0 aliphatic rings. The summed E-state index contributed by atoms with van der Waals surface area (Å²) in [5.74, 6) is 0.807. The van der Waals surface area contributed by atoms with Crippen LogP contribution in [0.25, 0.3) is 22.0 Å². The average molecular weight is 523 g/mol. The monoisotopic (exact) mass is 522 g/mol. The molecule has 36 heavy (non-hydrogen) atoms. The van der Waals surface area contributed by atoms with E-state index in [-0.39, 0.29) is 5.56 Å². The van der Waals surface area contributed by atoms with Crippen molar-refractivity contribution >= 4 is 38.5 Å². The Morgan fingerprint density at radius 2 is 1.83 bits per heavy atom. The second kappa shape index (κ2) is 10.7. The van der Waals surface area contributed by atoms with E-state index < -0.39 is 16.8 Å². The van der Waals surface area contributed by atoms with Crippen molar-refractivity contribution in [3.05, 3.63) is 81.2 Å². The van der Waals surface area contributed by atoms with Crippen molar-refractivity contribution in [2.24, 2.45) is 0 Å². The minimum Gasteiger partial charge on any atom is -0.755 e. The number of anilines is 1. The molecule has 4 aromatic rings. The van der Waals surface area contributed by atoms with Crippen LogP contribution >= 0.6 is 11.3 Å². The Kier molecular flexibility index (Phi) is 7.78. The van der Waals surface area contributed by atoms with Crippen LogP contribution in [0.5, 0.6) is 0 Å². The predicted octanol–water partition coefficient (Wildman–Crippen LogP) is 6.22. The van der Waals surface area contributed by atoms with Crippen LogP contribution in [0.4, 0.5) is 5.00 Å². The van der Waals surface area contributed by atoms with E-state index in [2.05, 4.69) is 6.92 Å². The molecule has 2 heterocycles. The van der Waals surface area contributed by atoms with E-state index in [0.29, 0.717) is 16.9 Å². The third-order valence-electron chi connectivity index (χ3n) is 6.14. The summed E-state index contributed by atoms with van der Waals surface area (Å²) >= 11 is -0.983. The van der Waals surface area contributed by atoms with E-state index in [1.54, 1.807) is 4.57 Å². The molecule has 0 N–H and O–H groups in total. The largest absolute Gasteiger partial charge is 0.755 e. The van der Waals surface area contributed by atoms with E-state index in [9.17, 15) is 13.6 Å². The maximum atomic E-state index is 13.5. The standard InChI is InChI=1S/C28H33N3O3S2/c1-6-7-8-25-29-24-14-9-19(2)17-23(24)26(32)30(25)18-20-10-12-21(13-11-20)22-15-16-35-27(22)31(36(33)34)28(3,4)5/h9-17H,6-8,18H2,1-5H3,(H,33,34)/p-1. The summed E-state index contributed by atoms with van der Waals surface area (Å²) in [5.41, 5.74) is 3.97. The summed E-state index contributed by atoms with van der Waals surface area (Å²) in [5, 5.41) is 3.24. The van der Waals surface area contributed by atoms with Crippen LogP contribution < -0.4 is 9.86 Å². The topological polar surface area (TPSA) is 78.3 Å². The third kappa shape index (κ3) is 5.45. The Balaban J connectivity index is 1.70. The van der Waals surface area contributed by atoms with Gasteiger partial charge in [0.1, 0.15) is 10.8 Å². The van der Waals surface area contributed by atoms with Gasteiger partial charge in [0.05, 0.1) is 17.4 Å². The Hall–Kier alpha value is -2.81. The van der Waals surface area contributed by atoms with Crippen LogP contribution in [0.1, 0.15) is 57.5 Å². The highest BCUT2D eigenvalue weighted by atomic mass is 32.2. The molecule has 0 fully saturated rings. The number of nitrogens with zero attached hydrogens (tertiary/aromatic N) is 3. The van der Waals surface area contributed by atoms with Crippen molar-refractivity contribution in [1.29, 1.82) is 0 Å². The molecule has 0 spiro atoms. The zero-order valence-corrected chi connectivity index (χ0v) is 23.0. The maximum Gasteiger partial charge on any atom is 0.261 e. The number of benzene rings is 2. The number of hydrogen-bond acceptors (Lipinski definition) is 5. The van der Waals surface area contributed by atoms with E-state index in [1.165, 1.54) is 15.6 Å². The van der Waals surface area contributed by atoms with Crippen LogP contribution in [0.15, 0.2) is 58.7 Å². The Bertz CT molecular complexity index is 1450. The fourth-order valence-electron chi connectivity index (χ4n) is 4.32. The molecular formula is C28H32N3O3S2-. The maximum absolute atomic E-state index is 13.5. The van der Waals surface area contributed by atoms with Gasteiger partial charge >= 0.3 is 0 Å². The van der Waals surface area contributed by atoms with E-state index in [1.807, 2.05) is 81.6 Å². The van der Waals surface area contributed by atoms with Gasteiger partial charge in [-0.1, -0.05) is 49.2 Å². The molecule has 6 nitrogen and oxygen atoms in total. The summed E-state index contributed by atoms with van der Waals surface area (Å²) in [6.07, 6.45) is 2.75. The van der Waals surface area contributed by atoms with Gasteiger partial charge < -0.3 is 4.55 Å². The minimum atomic E-state index is -2.39. The first-order valence-electron chi connectivity index (χ1n) is 12.2. The van der Waals surface area contributed by atoms with Crippen LogP contribution in [-0.4, -0.2) is 23.9 Å². The summed E-state index contributed by atoms with van der Waals surface area (Å²) in [6.45, 7) is 10.2. The van der Waals surface area contributed by atoms with Gasteiger partial charge in [-0.2, -0.15) is 0 Å². The first kappa shape index (κ1) is 26.3. The van der Waals surface area contributed by atoms with Crippen LogP contribution in [-0.2, 0) is 24.2 Å². The second-order valence-corrected chi connectivity index (χ2v) is 11.8. The Labute approximate surface area is 219 Å². The predicted molar refractivity (Wildman–Crippen MR) is 149 cm³/mol. The lowest BCUT2D eigenvalue weighted by atomic mass is 10.0. The lowest BCUT2D eigenvalue weighted by Crippen LogP contribution is -2.42. The molecule has 8 heteroatoms. The number of hydrogen-bond donors (Lipinski definition) is 0. The molecule has 2 aromatic carbocycles. The molecule has 2 aromatic heterocycles. The highest BCUT2D eigenvalue weighted by Gasteiger charge is 2.26. The second-order valence-electron chi connectivity index (χ2n) is 10.1. The summed E-state index contributed by atoms with van der Waals surface area (Å²) in [6, 6.07) is 15.8. The first-order valence-corrected chi connectivity index (χ1v) is 14.1. The lowest BCUT2D eigenvalue weighted by molar-refractivity contribution is 0.499. The van der Waals surface area contributed by atoms with Gasteiger partial charge in [-0.15, -0.1) is 11.3 Å². The number of rotatable bonds is 8. The molecule has 0 saturated carbocycles. The van der Waals surface area contributed by atoms with Crippen molar-refractivity contribution in [2.45, 2.75) is 66.0 Å². The minimum absolute atomic E-state index is 0.0160. The van der Waals surface area contributed by atoms with Crippen molar-refractivity contribution in [3.63, 3.8) is 0 Å². The molecule has 0 radical (unpaired) electrons. The molecule has 4 rings (SSSR count). The fraction of sp³-hybridized carbons (Fsp3) is 0.357. The normalized spacial score (nSPS) is 12.7. The van der Waals surface area contributed by atoms with Gasteiger partial charge in [-0.05, 0) is 68.8 Å². The van der Waals surface area contributed by atoms with Crippen molar-refractivity contribution in [2.75, 3.05) is 4.31 Å². The number of thiophene rings is 1. The number of fused-ring (bicyclic) bond motifs is 1. The van der Waals surface area contributed by atoms with Gasteiger partial charge in [0.2, 0.25) is 0 Å². The van der Waals surface area contributed by atoms with Gasteiger partial charge in [0.25, 0.3) is 5.56 Å². The SMILES string of the molecule is CCCCc1nc2ccc(C)cc2c(=O)n1Cc1ccc(-c2ccsc2N(S(=O)[O-])C(C)(C)C)cc1. The Morgan fingerprint density at radius 1 is 1.11 bits per heavy atom. The smallest absolute Gasteiger partial charge is 0.261 e. The van der Waals surface area contributed by atoms with E-state index >= 15 is 0 Å². The van der Waals surface area contributed by atoms with Crippen molar-refractivity contribution in [1.82, 2.24) is 9.55 Å². The average Bonchev–Trinajstić information content (AvgIpc) is 3.28. The number of aryl methyl sites for hydroxylation is 2. The summed E-state index contributed by atoms with van der Waals surface area (Å²) < 4.78 is 27.3. The molecular weight excluding hydrogens is 490 g/mol. The van der Waals surface area contributed by atoms with E-state index in [0.717, 1.165) is 52.9 Å². The molecule has 0 aliphatic heterocycles. The molecule has 0 aliphatic carbocycles. The van der Waals surface area contributed by atoms with Crippen molar-refractivity contribution < 1.29 is 8.76 Å². The van der Waals surface area contributed by atoms with Crippen LogP contribution in [0.2, 0.25) is 0 Å². The highest BCUT2D eigenvalue weighted by molar-refractivity contribution is 7.81. The zero-order chi connectivity index (χ0) is 26.0. The molecule has 1 unspecified atom stereocenters. The Morgan fingerprint density at radius 3 is 2.47 bits per heavy atom. The third-order valence-corrected chi connectivity index (χ3v) is 8.18. The van der Waals surface area contributed by atoms with Crippen LogP contribution in [0.3, 0.4) is 0 Å². The van der Waals surface area contributed by atoms with E-state index in [4.69, 9.17) is 4.98 Å². The molecule has 0 saturated heterocycles. The number of unbranched alkanes of at least 4 members (excludes halogenated alkanes) is 1. The molecule has 190 valence electrons. The quantitative estimate of drug-likeness (QED) is 0.257. The van der Waals surface area contributed by atoms with Crippen molar-refractivity contribution in [3.8, 4) is 11.1 Å².